The van der Waals surface area contributed by atoms with Crippen LogP contribution in [-0.2, 0) is 9.53 Å². The lowest BCUT2D eigenvalue weighted by Crippen LogP contribution is -2.44. The van der Waals surface area contributed by atoms with Crippen LogP contribution in [-0.4, -0.2) is 36.6 Å². The lowest BCUT2D eigenvalue weighted by molar-refractivity contribution is -0.127. The van der Waals surface area contributed by atoms with E-state index in [-0.39, 0.29) is 0 Å². The second kappa shape index (κ2) is 2.23. The van der Waals surface area contributed by atoms with Crippen molar-refractivity contribution in [1.29, 1.82) is 0 Å². The number of ether oxygens (including phenoxy) is 1. The molecule has 3 heteroatoms. The molecule has 2 heterocycles. The topological polar surface area (TPSA) is 29.5 Å². The summed E-state index contributed by atoms with van der Waals surface area (Å²) in [7, 11) is 0. The number of carbonyl (C=O) groups excluding carboxylic acids is 1. The van der Waals surface area contributed by atoms with Crippen LogP contribution in [0.3, 0.4) is 0 Å². The Morgan fingerprint density at radius 3 is 2.30 bits per heavy atom. The van der Waals surface area contributed by atoms with Gasteiger partial charge >= 0.3 is 0 Å². The minimum absolute atomic E-state index is 0.385. The molecule has 1 amide bonds. The Morgan fingerprint density at radius 1 is 1.30 bits per heavy atom. The molecule has 2 saturated heterocycles. The molecule has 0 aromatic carbocycles. The van der Waals surface area contributed by atoms with Gasteiger partial charge in [0, 0.05) is 0 Å². The molecule has 10 heavy (non-hydrogen) atoms. The number of amides is 1. The highest BCUT2D eigenvalue weighted by Gasteiger charge is 2.35. The van der Waals surface area contributed by atoms with Gasteiger partial charge < -0.3 is 9.64 Å². The maximum absolute atomic E-state index is 10.5. The van der Waals surface area contributed by atoms with Gasteiger partial charge in [-0.3, -0.25) is 4.79 Å². The van der Waals surface area contributed by atoms with Crippen LogP contribution in [0, 0.1) is 0 Å². The zero-order valence-corrected chi connectivity index (χ0v) is 5.82. The average Bonchev–Trinajstić information content (AvgIpc) is 2.19. The molecule has 0 aromatic rings. The molecule has 56 valence electrons. The Hall–Kier alpha value is -0.570. The minimum atomic E-state index is 0.385. The summed E-state index contributed by atoms with van der Waals surface area (Å²) >= 11 is 0. The normalized spacial score (nSPS) is 38.2. The molecule has 0 spiro atoms. The van der Waals surface area contributed by atoms with E-state index >= 15 is 0 Å². The molecule has 0 N–H and O–H groups in total. The van der Waals surface area contributed by atoms with Crippen LogP contribution >= 0.6 is 0 Å². The molecule has 2 atom stereocenters. The summed E-state index contributed by atoms with van der Waals surface area (Å²) in [5.74, 6) is 0. The quantitative estimate of drug-likeness (QED) is 0.481. The molecule has 2 aliphatic rings. The van der Waals surface area contributed by atoms with Crippen molar-refractivity contribution in [2.24, 2.45) is 0 Å². The van der Waals surface area contributed by atoms with E-state index in [2.05, 4.69) is 0 Å². The predicted octanol–water partition coefficient (Wildman–Crippen LogP) is 0.00600. The van der Waals surface area contributed by atoms with Gasteiger partial charge in [0.2, 0.25) is 6.41 Å². The number of hydrogen-bond acceptors (Lipinski definition) is 2. The SMILES string of the molecule is O=CN1[C@H]2CC[C@H]1COC2. The van der Waals surface area contributed by atoms with E-state index in [0.29, 0.717) is 12.1 Å². The molecule has 0 aromatic heterocycles. The van der Waals surface area contributed by atoms with Crippen LogP contribution in [0.2, 0.25) is 0 Å². The second-order valence-electron chi connectivity index (χ2n) is 2.98. The van der Waals surface area contributed by atoms with Crippen molar-refractivity contribution in [1.82, 2.24) is 4.90 Å². The van der Waals surface area contributed by atoms with Gasteiger partial charge in [0.05, 0.1) is 25.3 Å². The summed E-state index contributed by atoms with van der Waals surface area (Å²) in [6.45, 7) is 1.49. The Kier molecular flexibility index (Phi) is 1.38. The van der Waals surface area contributed by atoms with Crippen LogP contribution < -0.4 is 0 Å². The van der Waals surface area contributed by atoms with Gasteiger partial charge in [0.25, 0.3) is 0 Å². The van der Waals surface area contributed by atoms with Gasteiger partial charge in [-0.1, -0.05) is 0 Å². The van der Waals surface area contributed by atoms with E-state index in [9.17, 15) is 4.79 Å². The first-order valence-electron chi connectivity index (χ1n) is 3.72. The molecule has 2 bridgehead atoms. The molecule has 2 aliphatic heterocycles. The summed E-state index contributed by atoms with van der Waals surface area (Å²) in [4.78, 5) is 12.4. The van der Waals surface area contributed by atoms with E-state index < -0.39 is 0 Å². The number of carbonyl (C=O) groups is 1. The molecule has 0 aliphatic carbocycles. The van der Waals surface area contributed by atoms with E-state index in [1.54, 1.807) is 0 Å². The fourth-order valence-electron chi connectivity index (χ4n) is 1.83. The van der Waals surface area contributed by atoms with Crippen LogP contribution in [0.1, 0.15) is 12.8 Å². The average molecular weight is 141 g/mol. The zero-order valence-electron chi connectivity index (χ0n) is 5.82. The van der Waals surface area contributed by atoms with E-state index in [0.717, 1.165) is 32.5 Å². The van der Waals surface area contributed by atoms with Gasteiger partial charge in [-0.25, -0.2) is 0 Å². The van der Waals surface area contributed by atoms with Crippen molar-refractivity contribution in [3.63, 3.8) is 0 Å². The summed E-state index contributed by atoms with van der Waals surface area (Å²) < 4.78 is 5.29. The van der Waals surface area contributed by atoms with Crippen molar-refractivity contribution < 1.29 is 9.53 Å². The maximum Gasteiger partial charge on any atom is 0.210 e. The highest BCUT2D eigenvalue weighted by Crippen LogP contribution is 2.26. The second-order valence-corrected chi connectivity index (χ2v) is 2.98. The first kappa shape index (κ1) is 6.16. The summed E-state index contributed by atoms with van der Waals surface area (Å²) in [5.41, 5.74) is 0. The third kappa shape index (κ3) is 0.736. The lowest BCUT2D eigenvalue weighted by Gasteiger charge is -2.30. The first-order valence-corrected chi connectivity index (χ1v) is 3.72. The number of morpholine rings is 1. The van der Waals surface area contributed by atoms with E-state index in [1.165, 1.54) is 0 Å². The van der Waals surface area contributed by atoms with Gasteiger partial charge in [0.15, 0.2) is 0 Å². The maximum atomic E-state index is 10.5. The van der Waals surface area contributed by atoms with Crippen LogP contribution in [0.25, 0.3) is 0 Å². The monoisotopic (exact) mass is 141 g/mol. The van der Waals surface area contributed by atoms with Gasteiger partial charge in [-0.2, -0.15) is 0 Å². The molecule has 2 rings (SSSR count). The number of fused-ring (bicyclic) bond motifs is 2. The summed E-state index contributed by atoms with van der Waals surface area (Å²) in [6.07, 6.45) is 3.22. The number of nitrogens with zero attached hydrogens (tertiary/aromatic N) is 1. The molecule has 0 saturated carbocycles. The zero-order chi connectivity index (χ0) is 6.97. The first-order chi connectivity index (χ1) is 4.92. The fraction of sp³-hybridized carbons (Fsp3) is 0.857. The standard InChI is InChI=1S/C7H11NO2/c9-5-8-6-1-2-7(8)4-10-3-6/h5-7H,1-4H2/t6-,7-/m0/s1. The Balaban J connectivity index is 2.13. The lowest BCUT2D eigenvalue weighted by atomic mass is 10.2. The van der Waals surface area contributed by atoms with Gasteiger partial charge in [-0.15, -0.1) is 0 Å². The smallest absolute Gasteiger partial charge is 0.210 e. The van der Waals surface area contributed by atoms with Crippen molar-refractivity contribution >= 4 is 6.41 Å². The summed E-state index contributed by atoms with van der Waals surface area (Å²) in [5, 5.41) is 0. The van der Waals surface area contributed by atoms with Crippen molar-refractivity contribution in [2.75, 3.05) is 13.2 Å². The summed E-state index contributed by atoms with van der Waals surface area (Å²) in [6, 6.07) is 0.771. The van der Waals surface area contributed by atoms with Crippen molar-refractivity contribution in [3.05, 3.63) is 0 Å². The van der Waals surface area contributed by atoms with Crippen molar-refractivity contribution in [2.45, 2.75) is 24.9 Å². The molecule has 3 nitrogen and oxygen atoms in total. The molecule has 0 radical (unpaired) electrons. The third-order valence-electron chi connectivity index (χ3n) is 2.42. The number of rotatable bonds is 1. The van der Waals surface area contributed by atoms with Crippen LogP contribution in [0.15, 0.2) is 0 Å². The van der Waals surface area contributed by atoms with E-state index in [4.69, 9.17) is 4.74 Å². The Bertz CT molecular complexity index is 133. The van der Waals surface area contributed by atoms with Crippen LogP contribution in [0.5, 0.6) is 0 Å². The molecular weight excluding hydrogens is 130 g/mol. The van der Waals surface area contributed by atoms with Gasteiger partial charge in [0.1, 0.15) is 0 Å². The molecule has 2 fully saturated rings. The Morgan fingerprint density at radius 2 is 1.90 bits per heavy atom. The third-order valence-corrected chi connectivity index (χ3v) is 2.42. The number of hydrogen-bond donors (Lipinski definition) is 0. The van der Waals surface area contributed by atoms with E-state index in [1.807, 2.05) is 4.90 Å². The van der Waals surface area contributed by atoms with Crippen LogP contribution in [0.4, 0.5) is 0 Å². The minimum Gasteiger partial charge on any atom is -0.377 e. The predicted molar refractivity (Wildman–Crippen MR) is 35.5 cm³/mol. The Labute approximate surface area is 60.0 Å². The van der Waals surface area contributed by atoms with Gasteiger partial charge in [-0.05, 0) is 12.8 Å². The highest BCUT2D eigenvalue weighted by atomic mass is 16.5. The highest BCUT2D eigenvalue weighted by molar-refractivity contribution is 5.49. The fourth-order valence-corrected chi connectivity index (χ4v) is 1.83. The van der Waals surface area contributed by atoms with Crippen molar-refractivity contribution in [3.8, 4) is 0 Å². The molecular formula is C7H11NO2. The molecule has 0 unspecified atom stereocenters. The largest absolute Gasteiger partial charge is 0.377 e.